The summed E-state index contributed by atoms with van der Waals surface area (Å²) in [7, 11) is 1.73. The molecule has 0 radical (unpaired) electrons. The van der Waals surface area contributed by atoms with E-state index in [-0.39, 0.29) is 0 Å². The Morgan fingerprint density at radius 2 is 1.78 bits per heavy atom. The monoisotopic (exact) mass is 251 g/mol. The Kier molecular flexibility index (Phi) is 8.47. The van der Waals surface area contributed by atoms with Gasteiger partial charge < -0.3 is 15.2 Å². The van der Waals surface area contributed by atoms with Gasteiger partial charge >= 0.3 is 0 Å². The van der Waals surface area contributed by atoms with Crippen molar-refractivity contribution in [1.29, 1.82) is 0 Å². The zero-order chi connectivity index (χ0) is 13.1. The summed E-state index contributed by atoms with van der Waals surface area (Å²) in [6.45, 7) is 2.93. The smallest absolute Gasteiger partial charge is 0.0716 e. The van der Waals surface area contributed by atoms with Crippen LogP contribution in [-0.2, 0) is 17.9 Å². The molecule has 0 unspecified atom stereocenters. The SMILES string of the molecule is COCc1ccccc1CNCCCCCCO. The van der Waals surface area contributed by atoms with Gasteiger partial charge in [-0.1, -0.05) is 37.1 Å². The molecule has 3 nitrogen and oxygen atoms in total. The Morgan fingerprint density at radius 1 is 1.06 bits per heavy atom. The van der Waals surface area contributed by atoms with Gasteiger partial charge in [0.15, 0.2) is 0 Å². The fourth-order valence-electron chi connectivity index (χ4n) is 1.96. The molecule has 18 heavy (non-hydrogen) atoms. The molecule has 0 aliphatic heterocycles. The Balaban J connectivity index is 2.18. The van der Waals surface area contributed by atoms with Crippen molar-refractivity contribution in [3.05, 3.63) is 35.4 Å². The molecule has 0 saturated carbocycles. The fraction of sp³-hybridized carbons (Fsp3) is 0.600. The van der Waals surface area contributed by atoms with Crippen molar-refractivity contribution in [3.8, 4) is 0 Å². The zero-order valence-electron chi connectivity index (χ0n) is 11.3. The van der Waals surface area contributed by atoms with Crippen LogP contribution in [0.15, 0.2) is 24.3 Å². The van der Waals surface area contributed by atoms with Crippen LogP contribution in [0.2, 0.25) is 0 Å². The maximum atomic E-state index is 8.67. The van der Waals surface area contributed by atoms with E-state index in [9.17, 15) is 0 Å². The van der Waals surface area contributed by atoms with Gasteiger partial charge in [-0.15, -0.1) is 0 Å². The van der Waals surface area contributed by atoms with Gasteiger partial charge in [-0.05, 0) is 30.5 Å². The van der Waals surface area contributed by atoms with Crippen molar-refractivity contribution < 1.29 is 9.84 Å². The molecule has 0 saturated heterocycles. The van der Waals surface area contributed by atoms with Crippen molar-refractivity contribution >= 4 is 0 Å². The van der Waals surface area contributed by atoms with Gasteiger partial charge in [0.05, 0.1) is 6.61 Å². The van der Waals surface area contributed by atoms with Gasteiger partial charge in [0.1, 0.15) is 0 Å². The summed E-state index contributed by atoms with van der Waals surface area (Å²) >= 11 is 0. The van der Waals surface area contributed by atoms with Crippen LogP contribution in [0.4, 0.5) is 0 Å². The van der Waals surface area contributed by atoms with Crippen molar-refractivity contribution in [2.75, 3.05) is 20.3 Å². The average Bonchev–Trinajstić information content (AvgIpc) is 2.40. The van der Waals surface area contributed by atoms with E-state index in [1.807, 2.05) is 6.07 Å². The molecule has 1 rings (SSSR count). The van der Waals surface area contributed by atoms with E-state index in [1.165, 1.54) is 24.0 Å². The van der Waals surface area contributed by atoms with Gasteiger partial charge in [-0.3, -0.25) is 0 Å². The number of aliphatic hydroxyl groups excluding tert-OH is 1. The lowest BCUT2D eigenvalue weighted by molar-refractivity contribution is 0.184. The minimum atomic E-state index is 0.317. The summed E-state index contributed by atoms with van der Waals surface area (Å²) in [5.41, 5.74) is 2.57. The summed E-state index contributed by atoms with van der Waals surface area (Å²) in [4.78, 5) is 0. The topological polar surface area (TPSA) is 41.5 Å². The van der Waals surface area contributed by atoms with Crippen LogP contribution in [-0.4, -0.2) is 25.4 Å². The molecule has 102 valence electrons. The Morgan fingerprint density at radius 3 is 2.50 bits per heavy atom. The molecule has 0 bridgehead atoms. The minimum absolute atomic E-state index is 0.317. The highest BCUT2D eigenvalue weighted by molar-refractivity contribution is 5.26. The molecule has 0 aliphatic carbocycles. The number of nitrogens with one attached hydrogen (secondary N) is 1. The third kappa shape index (κ3) is 6.15. The summed E-state index contributed by atoms with van der Waals surface area (Å²) < 4.78 is 5.19. The lowest BCUT2D eigenvalue weighted by Crippen LogP contribution is -2.16. The first kappa shape index (κ1) is 15.2. The average molecular weight is 251 g/mol. The molecule has 1 aromatic carbocycles. The van der Waals surface area contributed by atoms with Gasteiger partial charge in [-0.2, -0.15) is 0 Å². The Labute approximate surface area is 110 Å². The largest absolute Gasteiger partial charge is 0.396 e. The van der Waals surface area contributed by atoms with Crippen molar-refractivity contribution in [3.63, 3.8) is 0 Å². The van der Waals surface area contributed by atoms with E-state index in [1.54, 1.807) is 7.11 Å². The molecule has 0 spiro atoms. The summed E-state index contributed by atoms with van der Waals surface area (Å²) in [6.07, 6.45) is 4.41. The highest BCUT2D eigenvalue weighted by Crippen LogP contribution is 2.09. The Bertz CT molecular complexity index is 315. The molecular formula is C15H25NO2. The van der Waals surface area contributed by atoms with Crippen LogP contribution < -0.4 is 5.32 Å². The normalized spacial score (nSPS) is 10.8. The molecule has 1 aromatic rings. The van der Waals surface area contributed by atoms with Gasteiger partial charge in [0.25, 0.3) is 0 Å². The number of benzene rings is 1. The number of hydrogen-bond donors (Lipinski definition) is 2. The van der Waals surface area contributed by atoms with Crippen molar-refractivity contribution in [2.45, 2.75) is 38.8 Å². The van der Waals surface area contributed by atoms with Gasteiger partial charge in [0, 0.05) is 20.3 Å². The number of ether oxygens (including phenoxy) is 1. The standard InChI is InChI=1S/C15H25NO2/c1-18-13-15-9-5-4-8-14(15)12-16-10-6-2-3-7-11-17/h4-5,8-9,16-17H,2-3,6-7,10-13H2,1H3. The van der Waals surface area contributed by atoms with Crippen LogP contribution in [0.1, 0.15) is 36.8 Å². The predicted octanol–water partition coefficient (Wildman–Crippen LogP) is 2.48. The van der Waals surface area contributed by atoms with Crippen LogP contribution in [0, 0.1) is 0 Å². The minimum Gasteiger partial charge on any atom is -0.396 e. The summed E-state index contributed by atoms with van der Waals surface area (Å²) in [5, 5.41) is 12.1. The lowest BCUT2D eigenvalue weighted by atomic mass is 10.1. The second kappa shape index (κ2) is 10.1. The molecular weight excluding hydrogens is 226 g/mol. The Hall–Kier alpha value is -0.900. The fourth-order valence-corrected chi connectivity index (χ4v) is 1.96. The number of rotatable bonds is 10. The number of aliphatic hydroxyl groups is 1. The number of methoxy groups -OCH3 is 1. The van der Waals surface area contributed by atoms with E-state index < -0.39 is 0 Å². The third-order valence-corrected chi connectivity index (χ3v) is 3.00. The maximum Gasteiger partial charge on any atom is 0.0716 e. The van der Waals surface area contributed by atoms with Crippen LogP contribution in [0.25, 0.3) is 0 Å². The summed E-state index contributed by atoms with van der Waals surface area (Å²) in [6, 6.07) is 8.37. The van der Waals surface area contributed by atoms with E-state index in [2.05, 4.69) is 23.5 Å². The first-order chi connectivity index (χ1) is 8.88. The quantitative estimate of drug-likeness (QED) is 0.628. The lowest BCUT2D eigenvalue weighted by Gasteiger charge is -2.09. The van der Waals surface area contributed by atoms with Crippen molar-refractivity contribution in [2.24, 2.45) is 0 Å². The van der Waals surface area contributed by atoms with Crippen molar-refractivity contribution in [1.82, 2.24) is 5.32 Å². The van der Waals surface area contributed by atoms with Crippen LogP contribution in [0.3, 0.4) is 0 Å². The molecule has 3 heteroatoms. The third-order valence-electron chi connectivity index (χ3n) is 3.00. The molecule has 0 aliphatic rings. The number of unbranched alkanes of at least 4 members (excludes halogenated alkanes) is 3. The molecule has 2 N–H and O–H groups in total. The molecule has 0 atom stereocenters. The highest BCUT2D eigenvalue weighted by Gasteiger charge is 2.00. The number of hydrogen-bond acceptors (Lipinski definition) is 3. The highest BCUT2D eigenvalue weighted by atomic mass is 16.5. The molecule has 0 heterocycles. The molecule has 0 fully saturated rings. The van der Waals surface area contributed by atoms with E-state index in [0.717, 1.165) is 25.9 Å². The first-order valence-corrected chi connectivity index (χ1v) is 6.75. The van der Waals surface area contributed by atoms with E-state index in [4.69, 9.17) is 9.84 Å². The van der Waals surface area contributed by atoms with E-state index >= 15 is 0 Å². The van der Waals surface area contributed by atoms with Gasteiger partial charge in [-0.25, -0.2) is 0 Å². The second-order valence-corrected chi connectivity index (χ2v) is 4.52. The van der Waals surface area contributed by atoms with Gasteiger partial charge in [0.2, 0.25) is 0 Å². The van der Waals surface area contributed by atoms with Crippen LogP contribution in [0.5, 0.6) is 0 Å². The first-order valence-electron chi connectivity index (χ1n) is 6.75. The van der Waals surface area contributed by atoms with Crippen LogP contribution >= 0.6 is 0 Å². The maximum absolute atomic E-state index is 8.67. The van der Waals surface area contributed by atoms with E-state index in [0.29, 0.717) is 13.2 Å². The molecule has 0 amide bonds. The second-order valence-electron chi connectivity index (χ2n) is 4.52. The predicted molar refractivity (Wildman–Crippen MR) is 74.4 cm³/mol. The molecule has 0 aromatic heterocycles. The summed E-state index contributed by atoms with van der Waals surface area (Å²) in [5.74, 6) is 0. The zero-order valence-corrected chi connectivity index (χ0v) is 11.3.